The van der Waals surface area contributed by atoms with Gasteiger partial charge in [0.15, 0.2) is 0 Å². The molecule has 0 spiro atoms. The Kier molecular flexibility index (Phi) is 3.82. The standard InChI is InChI=1S/C12H24N2/c1-2-11-7-5-9-14(11)12-6-3-4-8-13-10-12/h11-13H,2-10H2,1H3. The molecule has 2 fully saturated rings. The summed E-state index contributed by atoms with van der Waals surface area (Å²) in [7, 11) is 0. The second kappa shape index (κ2) is 5.13. The van der Waals surface area contributed by atoms with Gasteiger partial charge in [-0.15, -0.1) is 0 Å². The molecule has 14 heavy (non-hydrogen) atoms. The number of nitrogens with zero attached hydrogens (tertiary/aromatic N) is 1. The van der Waals surface area contributed by atoms with E-state index in [0.717, 1.165) is 12.1 Å². The third-order valence-electron chi connectivity index (χ3n) is 3.88. The lowest BCUT2D eigenvalue weighted by Crippen LogP contribution is -2.43. The maximum Gasteiger partial charge on any atom is 0.0223 e. The highest BCUT2D eigenvalue weighted by Crippen LogP contribution is 2.25. The lowest BCUT2D eigenvalue weighted by Gasteiger charge is -2.32. The molecular formula is C12H24N2. The number of likely N-dealkylation sites (tertiary alicyclic amines) is 1. The van der Waals surface area contributed by atoms with Crippen LogP contribution in [-0.2, 0) is 0 Å². The van der Waals surface area contributed by atoms with Crippen molar-refractivity contribution in [3.8, 4) is 0 Å². The monoisotopic (exact) mass is 196 g/mol. The first-order chi connectivity index (χ1) is 6.92. The van der Waals surface area contributed by atoms with Gasteiger partial charge in [-0.2, -0.15) is 0 Å². The van der Waals surface area contributed by atoms with Crippen LogP contribution < -0.4 is 5.32 Å². The fourth-order valence-corrected chi connectivity index (χ4v) is 3.06. The van der Waals surface area contributed by atoms with Crippen molar-refractivity contribution in [2.45, 2.75) is 57.5 Å². The van der Waals surface area contributed by atoms with Gasteiger partial charge < -0.3 is 5.32 Å². The van der Waals surface area contributed by atoms with Crippen molar-refractivity contribution in [1.82, 2.24) is 10.2 Å². The molecule has 0 aliphatic carbocycles. The van der Waals surface area contributed by atoms with Crippen LogP contribution in [0.25, 0.3) is 0 Å². The molecule has 82 valence electrons. The molecule has 2 saturated heterocycles. The Morgan fingerprint density at radius 2 is 2.14 bits per heavy atom. The van der Waals surface area contributed by atoms with Gasteiger partial charge in [0, 0.05) is 18.6 Å². The topological polar surface area (TPSA) is 15.3 Å². The maximum atomic E-state index is 3.58. The van der Waals surface area contributed by atoms with Crippen LogP contribution in [-0.4, -0.2) is 36.6 Å². The lowest BCUT2D eigenvalue weighted by atomic mass is 10.1. The quantitative estimate of drug-likeness (QED) is 0.727. The van der Waals surface area contributed by atoms with Crippen LogP contribution >= 0.6 is 0 Å². The molecule has 2 heterocycles. The van der Waals surface area contributed by atoms with Crippen molar-refractivity contribution >= 4 is 0 Å². The lowest BCUT2D eigenvalue weighted by molar-refractivity contribution is 0.167. The molecule has 0 amide bonds. The number of nitrogens with one attached hydrogen (secondary N) is 1. The molecule has 2 atom stereocenters. The van der Waals surface area contributed by atoms with Crippen LogP contribution in [0.15, 0.2) is 0 Å². The molecule has 0 radical (unpaired) electrons. The largest absolute Gasteiger partial charge is 0.315 e. The van der Waals surface area contributed by atoms with Gasteiger partial charge >= 0.3 is 0 Å². The molecule has 2 unspecified atom stereocenters. The molecule has 2 nitrogen and oxygen atoms in total. The van der Waals surface area contributed by atoms with Crippen LogP contribution in [0.3, 0.4) is 0 Å². The van der Waals surface area contributed by atoms with Crippen molar-refractivity contribution in [3.05, 3.63) is 0 Å². The van der Waals surface area contributed by atoms with E-state index in [9.17, 15) is 0 Å². The van der Waals surface area contributed by atoms with Gasteiger partial charge in [0.05, 0.1) is 0 Å². The Morgan fingerprint density at radius 3 is 3.00 bits per heavy atom. The predicted octanol–water partition coefficient (Wildman–Crippen LogP) is 2.00. The summed E-state index contributed by atoms with van der Waals surface area (Å²) in [6.45, 7) is 6.16. The van der Waals surface area contributed by atoms with Crippen molar-refractivity contribution in [1.29, 1.82) is 0 Å². The highest BCUT2D eigenvalue weighted by atomic mass is 15.2. The average molecular weight is 196 g/mol. The SMILES string of the molecule is CCC1CCCN1C1CCCCNC1. The highest BCUT2D eigenvalue weighted by Gasteiger charge is 2.29. The first kappa shape index (κ1) is 10.4. The summed E-state index contributed by atoms with van der Waals surface area (Å²) in [5.41, 5.74) is 0. The second-order valence-corrected chi connectivity index (χ2v) is 4.80. The summed E-state index contributed by atoms with van der Waals surface area (Å²) >= 11 is 0. The van der Waals surface area contributed by atoms with Crippen molar-refractivity contribution < 1.29 is 0 Å². The normalized spacial score (nSPS) is 35.8. The van der Waals surface area contributed by atoms with Crippen LogP contribution in [0, 0.1) is 0 Å². The van der Waals surface area contributed by atoms with E-state index >= 15 is 0 Å². The minimum absolute atomic E-state index is 0.838. The Balaban J connectivity index is 1.91. The van der Waals surface area contributed by atoms with Gasteiger partial charge in [-0.05, 0) is 45.2 Å². The van der Waals surface area contributed by atoms with E-state index in [1.54, 1.807) is 0 Å². The van der Waals surface area contributed by atoms with E-state index in [4.69, 9.17) is 0 Å². The van der Waals surface area contributed by atoms with E-state index in [1.165, 1.54) is 58.2 Å². The van der Waals surface area contributed by atoms with E-state index in [0.29, 0.717) is 0 Å². The second-order valence-electron chi connectivity index (χ2n) is 4.80. The molecule has 2 heteroatoms. The zero-order valence-electron chi connectivity index (χ0n) is 9.47. The summed E-state index contributed by atoms with van der Waals surface area (Å²) in [5, 5.41) is 3.58. The van der Waals surface area contributed by atoms with Crippen molar-refractivity contribution in [3.63, 3.8) is 0 Å². The summed E-state index contributed by atoms with van der Waals surface area (Å²) in [5.74, 6) is 0. The predicted molar refractivity (Wildman–Crippen MR) is 60.5 cm³/mol. The van der Waals surface area contributed by atoms with Gasteiger partial charge in [0.2, 0.25) is 0 Å². The molecule has 0 aromatic rings. The molecule has 2 rings (SSSR count). The summed E-state index contributed by atoms with van der Waals surface area (Å²) in [4.78, 5) is 2.78. The fraction of sp³-hybridized carbons (Fsp3) is 1.00. The zero-order chi connectivity index (χ0) is 9.80. The third-order valence-corrected chi connectivity index (χ3v) is 3.88. The van der Waals surface area contributed by atoms with E-state index in [-0.39, 0.29) is 0 Å². The maximum absolute atomic E-state index is 3.58. The van der Waals surface area contributed by atoms with Gasteiger partial charge in [0.25, 0.3) is 0 Å². The van der Waals surface area contributed by atoms with Crippen LogP contribution in [0.5, 0.6) is 0 Å². The van der Waals surface area contributed by atoms with Crippen molar-refractivity contribution in [2.24, 2.45) is 0 Å². The van der Waals surface area contributed by atoms with E-state index < -0.39 is 0 Å². The Hall–Kier alpha value is -0.0800. The van der Waals surface area contributed by atoms with Gasteiger partial charge in [-0.25, -0.2) is 0 Å². The van der Waals surface area contributed by atoms with E-state index in [1.807, 2.05) is 0 Å². The van der Waals surface area contributed by atoms with Gasteiger partial charge in [-0.3, -0.25) is 4.90 Å². The molecule has 0 saturated carbocycles. The molecule has 2 aliphatic rings. The van der Waals surface area contributed by atoms with Gasteiger partial charge in [0.1, 0.15) is 0 Å². The average Bonchev–Trinajstić information content (AvgIpc) is 2.52. The molecule has 1 N–H and O–H groups in total. The number of rotatable bonds is 2. The Morgan fingerprint density at radius 1 is 1.21 bits per heavy atom. The van der Waals surface area contributed by atoms with Crippen LogP contribution in [0.1, 0.15) is 45.4 Å². The number of hydrogen-bond donors (Lipinski definition) is 1. The molecule has 0 aromatic carbocycles. The Bertz CT molecular complexity index is 162. The third kappa shape index (κ3) is 2.29. The zero-order valence-corrected chi connectivity index (χ0v) is 9.47. The summed E-state index contributed by atoms with van der Waals surface area (Å²) in [6, 6.07) is 1.73. The molecular weight excluding hydrogens is 172 g/mol. The highest BCUT2D eigenvalue weighted by molar-refractivity contribution is 4.86. The molecule has 0 bridgehead atoms. The summed E-state index contributed by atoms with van der Waals surface area (Å²) in [6.07, 6.45) is 8.42. The fourth-order valence-electron chi connectivity index (χ4n) is 3.06. The van der Waals surface area contributed by atoms with Crippen LogP contribution in [0.2, 0.25) is 0 Å². The van der Waals surface area contributed by atoms with Crippen LogP contribution in [0.4, 0.5) is 0 Å². The first-order valence-electron chi connectivity index (χ1n) is 6.38. The van der Waals surface area contributed by atoms with Crippen molar-refractivity contribution in [2.75, 3.05) is 19.6 Å². The summed E-state index contributed by atoms with van der Waals surface area (Å²) < 4.78 is 0. The smallest absolute Gasteiger partial charge is 0.0223 e. The molecule has 2 aliphatic heterocycles. The van der Waals surface area contributed by atoms with E-state index in [2.05, 4.69) is 17.1 Å². The number of hydrogen-bond acceptors (Lipinski definition) is 2. The Labute approximate surface area is 88.1 Å². The minimum atomic E-state index is 0.838. The van der Waals surface area contributed by atoms with Gasteiger partial charge in [-0.1, -0.05) is 13.3 Å². The minimum Gasteiger partial charge on any atom is -0.315 e. The molecule has 0 aromatic heterocycles. The first-order valence-corrected chi connectivity index (χ1v) is 6.38.